The standard InChI is InChI=1S/Bi.Cd.K.V.H. The molecule has 4 heavy (non-hydrogen) atoms. The molecule has 0 aliphatic heterocycles. The van der Waals surface area contributed by atoms with Crippen molar-refractivity contribution in [1.29, 1.82) is 0 Å². The minimum Gasteiger partial charge on any atom is 0 e. The molecule has 0 atom stereocenters. The molecule has 0 aliphatic rings. The van der Waals surface area contributed by atoms with Crippen LogP contribution < -0.4 is 0 Å². The van der Waals surface area contributed by atoms with E-state index < -0.39 is 0 Å². The van der Waals surface area contributed by atoms with Crippen molar-refractivity contribution in [2.75, 3.05) is 0 Å². The fraction of sp³-hybridized carbons (Fsp3) is 0. The Morgan fingerprint density at radius 2 is 1.00 bits per heavy atom. The Kier molecular flexibility index (Phi) is 96.2. The molecule has 0 N–H and O–H groups in total. The Labute approximate surface area is 120 Å². The molecule has 14 valence electrons. The molecule has 0 aliphatic carbocycles. The Bertz CT molecular complexity index is 8.00. The first kappa shape index (κ1) is 24.4. The molecule has 0 aromatic heterocycles. The molecule has 0 bridgehead atoms. The van der Waals surface area contributed by atoms with Crippen LogP contribution in [0.15, 0.2) is 0 Å². The molecule has 0 spiro atoms. The molecule has 0 unspecified atom stereocenters. The van der Waals surface area contributed by atoms with Gasteiger partial charge in [-0.15, -0.1) is 0 Å². The second kappa shape index (κ2) is 15.7. The van der Waals surface area contributed by atoms with Gasteiger partial charge in [-0.25, -0.2) is 0 Å². The van der Waals surface area contributed by atoms with Gasteiger partial charge >= 0.3 is 51.4 Å². The SMILES string of the molecule is [Bi].[Cd].[KH].[V]. The van der Waals surface area contributed by atoms with Crippen molar-refractivity contribution in [3.8, 4) is 0 Å². The summed E-state index contributed by atoms with van der Waals surface area (Å²) in [6, 6.07) is 0. The third kappa shape index (κ3) is 9.39. The first-order valence-corrected chi connectivity index (χ1v) is 0. The zero-order valence-corrected chi connectivity index (χ0v) is 10.5. The summed E-state index contributed by atoms with van der Waals surface area (Å²) in [7, 11) is 0. The molecule has 0 fully saturated rings. The van der Waals surface area contributed by atoms with Gasteiger partial charge in [0.1, 0.15) is 0 Å². The Morgan fingerprint density at radius 3 is 1.00 bits per heavy atom. The minimum atomic E-state index is 0. The molecule has 0 amide bonds. The maximum atomic E-state index is 0. The van der Waals surface area contributed by atoms with Crippen LogP contribution in [0.25, 0.3) is 0 Å². The average Bonchev–Trinajstić information content (AvgIpc) is 0. The van der Waals surface area contributed by atoms with Crippen molar-refractivity contribution < 1.29 is 45.9 Å². The first-order chi connectivity index (χ1) is 0. The van der Waals surface area contributed by atoms with Crippen molar-refractivity contribution in [2.45, 2.75) is 0 Å². The van der Waals surface area contributed by atoms with E-state index in [1.165, 1.54) is 0 Å². The predicted octanol–water partition coefficient (Wildman–Crippen LogP) is -1.03. The Morgan fingerprint density at radius 1 is 1.00 bits per heavy atom. The van der Waals surface area contributed by atoms with Gasteiger partial charge in [0, 0.05) is 72.1 Å². The van der Waals surface area contributed by atoms with E-state index in [9.17, 15) is 0 Å². The third-order valence-corrected chi connectivity index (χ3v) is 0. The molecule has 0 heterocycles. The molecular weight excluding hydrogens is 411 g/mol. The maximum Gasteiger partial charge on any atom is 0 e. The maximum absolute atomic E-state index is 0. The molecule has 4 radical (unpaired) electrons. The van der Waals surface area contributed by atoms with Gasteiger partial charge in [0.15, 0.2) is 0 Å². The topological polar surface area (TPSA) is 0 Å². The van der Waals surface area contributed by atoms with Gasteiger partial charge in [-0.1, -0.05) is 0 Å². The van der Waals surface area contributed by atoms with Crippen LogP contribution in [0.2, 0.25) is 0 Å². The molecule has 0 saturated carbocycles. The van der Waals surface area contributed by atoms with Crippen LogP contribution in [0.4, 0.5) is 0 Å². The molecule has 0 aromatic rings. The normalized spacial score (nSPS) is 0. The van der Waals surface area contributed by atoms with Gasteiger partial charge in [-0.05, 0) is 0 Å². The molecule has 0 aromatic carbocycles. The molecule has 0 saturated heterocycles. The van der Waals surface area contributed by atoms with Crippen molar-refractivity contribution in [3.05, 3.63) is 0 Å². The van der Waals surface area contributed by atoms with E-state index in [0.29, 0.717) is 0 Å². The van der Waals surface area contributed by atoms with Crippen molar-refractivity contribution in [2.24, 2.45) is 0 Å². The minimum absolute atomic E-state index is 0. The first-order valence-electron chi connectivity index (χ1n) is 0. The smallest absolute Gasteiger partial charge is 0 e. The fourth-order valence-corrected chi connectivity index (χ4v) is 0. The zero-order valence-electron chi connectivity index (χ0n) is 1.60. The molecule has 0 nitrogen and oxygen atoms in total. The Hall–Kier alpha value is 4.03. The fourth-order valence-electron chi connectivity index (χ4n) is 0. The van der Waals surface area contributed by atoms with Crippen LogP contribution in [-0.2, 0) is 45.9 Å². The largest absolute Gasteiger partial charge is 0 e. The van der Waals surface area contributed by atoms with E-state index in [1.54, 1.807) is 0 Å². The van der Waals surface area contributed by atoms with Gasteiger partial charge in [0.05, 0.1) is 0 Å². The zero-order chi connectivity index (χ0) is 0. The van der Waals surface area contributed by atoms with E-state index in [2.05, 4.69) is 0 Å². The second-order valence-electron chi connectivity index (χ2n) is 0. The average molecular weight is 412 g/mol. The molecule has 0 rings (SSSR count). The van der Waals surface area contributed by atoms with Gasteiger partial charge in [-0.3, -0.25) is 0 Å². The summed E-state index contributed by atoms with van der Waals surface area (Å²) in [6.07, 6.45) is 0. The van der Waals surface area contributed by atoms with Gasteiger partial charge < -0.3 is 0 Å². The predicted molar refractivity (Wildman–Crippen MR) is 12.9 cm³/mol. The summed E-state index contributed by atoms with van der Waals surface area (Å²) in [4.78, 5) is 0. The monoisotopic (exact) mass is 414 g/mol. The van der Waals surface area contributed by atoms with Gasteiger partial charge in [0.25, 0.3) is 0 Å². The van der Waals surface area contributed by atoms with Crippen LogP contribution >= 0.6 is 0 Å². The van der Waals surface area contributed by atoms with Gasteiger partial charge in [0.2, 0.25) is 0 Å². The van der Waals surface area contributed by atoms with Crippen LogP contribution in [0.3, 0.4) is 0 Å². The van der Waals surface area contributed by atoms with E-state index in [-0.39, 0.29) is 123 Å². The van der Waals surface area contributed by atoms with Crippen molar-refractivity contribution in [3.63, 3.8) is 0 Å². The van der Waals surface area contributed by atoms with Crippen LogP contribution in [0, 0.1) is 0 Å². The van der Waals surface area contributed by atoms with E-state index in [4.69, 9.17) is 0 Å². The van der Waals surface area contributed by atoms with Crippen LogP contribution in [0.1, 0.15) is 0 Å². The van der Waals surface area contributed by atoms with Crippen molar-refractivity contribution in [1.82, 2.24) is 0 Å². The quantitative estimate of drug-likeness (QED) is 0.447. The molecule has 4 heteroatoms. The van der Waals surface area contributed by atoms with Crippen molar-refractivity contribution >= 4 is 77.6 Å². The van der Waals surface area contributed by atoms with Crippen LogP contribution in [-0.4, -0.2) is 77.6 Å². The molecular formula is HBiCdKV. The number of rotatable bonds is 0. The summed E-state index contributed by atoms with van der Waals surface area (Å²) in [6.45, 7) is 0. The summed E-state index contributed by atoms with van der Waals surface area (Å²) in [5, 5.41) is 0. The summed E-state index contributed by atoms with van der Waals surface area (Å²) < 4.78 is 0. The van der Waals surface area contributed by atoms with Crippen LogP contribution in [0.5, 0.6) is 0 Å². The van der Waals surface area contributed by atoms with E-state index in [1.807, 2.05) is 0 Å². The van der Waals surface area contributed by atoms with E-state index >= 15 is 0 Å². The summed E-state index contributed by atoms with van der Waals surface area (Å²) in [5.74, 6) is 0. The Balaban J connectivity index is 0. The van der Waals surface area contributed by atoms with E-state index in [0.717, 1.165) is 0 Å². The number of hydrogen-bond acceptors (Lipinski definition) is 0. The second-order valence-corrected chi connectivity index (χ2v) is 0. The van der Waals surface area contributed by atoms with Gasteiger partial charge in [-0.2, -0.15) is 0 Å². The number of hydrogen-bond donors (Lipinski definition) is 0. The third-order valence-electron chi connectivity index (χ3n) is 0. The summed E-state index contributed by atoms with van der Waals surface area (Å²) >= 11 is 0. The summed E-state index contributed by atoms with van der Waals surface area (Å²) in [5.41, 5.74) is 0.